The lowest BCUT2D eigenvalue weighted by Gasteiger charge is -2.09. The van der Waals surface area contributed by atoms with Crippen LogP contribution in [0, 0.1) is 0 Å². The molecule has 128 valence electrons. The van der Waals surface area contributed by atoms with Gasteiger partial charge in [-0.15, -0.1) is 0 Å². The standard InChI is InChI=1S/C20H25NO3/c1-2-3-4-14-24-19-7-5-6-17(15-19)21-20(23)13-10-16-8-11-18(22)12-9-16/h5-9,11-12,15,22H,2-4,10,13-14H2,1H3,(H,21,23). The van der Waals surface area contributed by atoms with Crippen molar-refractivity contribution in [1.29, 1.82) is 0 Å². The summed E-state index contributed by atoms with van der Waals surface area (Å²) in [7, 11) is 0. The number of nitrogens with one attached hydrogen (secondary N) is 1. The highest BCUT2D eigenvalue weighted by Gasteiger charge is 2.04. The van der Waals surface area contributed by atoms with Crippen LogP contribution in [0.4, 0.5) is 5.69 Å². The van der Waals surface area contributed by atoms with E-state index < -0.39 is 0 Å². The Morgan fingerprint density at radius 3 is 2.67 bits per heavy atom. The third kappa shape index (κ3) is 6.32. The number of anilines is 1. The van der Waals surface area contributed by atoms with Crippen LogP contribution >= 0.6 is 0 Å². The molecule has 0 aliphatic rings. The van der Waals surface area contributed by atoms with E-state index >= 15 is 0 Å². The SMILES string of the molecule is CCCCCOc1cccc(NC(=O)CCc2ccc(O)cc2)c1. The van der Waals surface area contributed by atoms with E-state index in [0.29, 0.717) is 19.4 Å². The molecule has 0 atom stereocenters. The molecule has 2 N–H and O–H groups in total. The fourth-order valence-corrected chi connectivity index (χ4v) is 2.35. The van der Waals surface area contributed by atoms with Crippen molar-refractivity contribution in [3.8, 4) is 11.5 Å². The molecule has 0 aliphatic heterocycles. The molecule has 0 bridgehead atoms. The highest BCUT2D eigenvalue weighted by Crippen LogP contribution is 2.18. The first-order valence-electron chi connectivity index (χ1n) is 8.48. The molecule has 2 aromatic carbocycles. The van der Waals surface area contributed by atoms with Crippen molar-refractivity contribution in [2.75, 3.05) is 11.9 Å². The molecular formula is C20H25NO3. The molecule has 1 amide bonds. The van der Waals surface area contributed by atoms with Gasteiger partial charge in [0.15, 0.2) is 0 Å². The van der Waals surface area contributed by atoms with Crippen LogP contribution in [0.3, 0.4) is 0 Å². The molecule has 4 heteroatoms. The van der Waals surface area contributed by atoms with Gasteiger partial charge >= 0.3 is 0 Å². The summed E-state index contributed by atoms with van der Waals surface area (Å²) >= 11 is 0. The average molecular weight is 327 g/mol. The molecule has 2 rings (SSSR count). The minimum Gasteiger partial charge on any atom is -0.508 e. The van der Waals surface area contributed by atoms with Crippen LogP contribution in [0.1, 0.15) is 38.2 Å². The van der Waals surface area contributed by atoms with E-state index in [2.05, 4.69) is 12.2 Å². The predicted molar refractivity (Wildman–Crippen MR) is 96.5 cm³/mol. The Kier molecular flexibility index (Phi) is 7.15. The number of phenols is 1. The number of aryl methyl sites for hydroxylation is 1. The first kappa shape index (κ1) is 17.9. The normalized spacial score (nSPS) is 10.4. The number of unbranched alkanes of at least 4 members (excludes halogenated alkanes) is 2. The van der Waals surface area contributed by atoms with Crippen molar-refractivity contribution in [3.05, 3.63) is 54.1 Å². The lowest BCUT2D eigenvalue weighted by molar-refractivity contribution is -0.116. The maximum atomic E-state index is 12.1. The Hall–Kier alpha value is -2.49. The first-order chi connectivity index (χ1) is 11.7. The van der Waals surface area contributed by atoms with Crippen LogP contribution in [-0.2, 0) is 11.2 Å². The second-order valence-electron chi connectivity index (χ2n) is 5.80. The van der Waals surface area contributed by atoms with Crippen LogP contribution in [0.25, 0.3) is 0 Å². The monoisotopic (exact) mass is 327 g/mol. The first-order valence-corrected chi connectivity index (χ1v) is 8.48. The van der Waals surface area contributed by atoms with Crippen molar-refractivity contribution in [3.63, 3.8) is 0 Å². The summed E-state index contributed by atoms with van der Waals surface area (Å²) in [6.45, 7) is 2.86. The van der Waals surface area contributed by atoms with Crippen LogP contribution in [0.5, 0.6) is 11.5 Å². The molecule has 0 unspecified atom stereocenters. The molecule has 0 heterocycles. The summed E-state index contributed by atoms with van der Waals surface area (Å²) < 4.78 is 5.70. The summed E-state index contributed by atoms with van der Waals surface area (Å²) in [6.07, 6.45) is 4.40. The van der Waals surface area contributed by atoms with Gasteiger partial charge in [-0.25, -0.2) is 0 Å². The van der Waals surface area contributed by atoms with Crippen LogP contribution in [0.15, 0.2) is 48.5 Å². The molecule has 2 aromatic rings. The van der Waals surface area contributed by atoms with Crippen LogP contribution in [0.2, 0.25) is 0 Å². The Labute approximate surface area is 143 Å². The Balaban J connectivity index is 1.79. The number of ether oxygens (including phenoxy) is 1. The highest BCUT2D eigenvalue weighted by molar-refractivity contribution is 5.91. The van der Waals surface area contributed by atoms with E-state index in [9.17, 15) is 9.90 Å². The number of benzene rings is 2. The van der Waals surface area contributed by atoms with Gasteiger partial charge in [-0.2, -0.15) is 0 Å². The molecule has 4 nitrogen and oxygen atoms in total. The Morgan fingerprint density at radius 1 is 1.12 bits per heavy atom. The largest absolute Gasteiger partial charge is 0.508 e. The summed E-state index contributed by atoms with van der Waals surface area (Å²) in [6, 6.07) is 14.4. The van der Waals surface area contributed by atoms with E-state index in [4.69, 9.17) is 4.74 Å². The van der Waals surface area contributed by atoms with Gasteiger partial charge in [0.05, 0.1) is 6.61 Å². The maximum Gasteiger partial charge on any atom is 0.224 e. The van der Waals surface area contributed by atoms with E-state index in [1.807, 2.05) is 36.4 Å². The maximum absolute atomic E-state index is 12.1. The number of carbonyl (C=O) groups is 1. The minimum atomic E-state index is -0.0359. The molecule has 0 spiro atoms. The van der Waals surface area contributed by atoms with Gasteiger partial charge in [-0.05, 0) is 42.7 Å². The summed E-state index contributed by atoms with van der Waals surface area (Å²) in [4.78, 5) is 12.1. The molecule has 0 radical (unpaired) electrons. The van der Waals surface area contributed by atoms with E-state index in [1.54, 1.807) is 12.1 Å². The van der Waals surface area contributed by atoms with Crippen molar-refractivity contribution in [2.45, 2.75) is 39.0 Å². The van der Waals surface area contributed by atoms with Gasteiger partial charge in [-0.1, -0.05) is 38.0 Å². The highest BCUT2D eigenvalue weighted by atomic mass is 16.5. The van der Waals surface area contributed by atoms with Crippen LogP contribution in [-0.4, -0.2) is 17.6 Å². The van der Waals surface area contributed by atoms with Gasteiger partial charge in [0.1, 0.15) is 11.5 Å². The third-order valence-electron chi connectivity index (χ3n) is 3.71. The van der Waals surface area contributed by atoms with Crippen molar-refractivity contribution < 1.29 is 14.6 Å². The topological polar surface area (TPSA) is 58.6 Å². The fraction of sp³-hybridized carbons (Fsp3) is 0.350. The number of rotatable bonds is 9. The summed E-state index contributed by atoms with van der Waals surface area (Å²) in [5, 5.41) is 12.2. The zero-order chi connectivity index (χ0) is 17.2. The fourth-order valence-electron chi connectivity index (χ4n) is 2.35. The van der Waals surface area contributed by atoms with Gasteiger partial charge in [0.25, 0.3) is 0 Å². The zero-order valence-corrected chi connectivity index (χ0v) is 14.1. The zero-order valence-electron chi connectivity index (χ0n) is 14.1. The summed E-state index contributed by atoms with van der Waals surface area (Å²) in [5.74, 6) is 0.979. The molecule has 0 aliphatic carbocycles. The average Bonchev–Trinajstić information content (AvgIpc) is 2.59. The number of phenolic OH excluding ortho intramolecular Hbond substituents is 1. The molecular weight excluding hydrogens is 302 g/mol. The molecule has 0 fully saturated rings. The molecule has 0 saturated heterocycles. The predicted octanol–water partition coefficient (Wildman–Crippen LogP) is 4.53. The molecule has 24 heavy (non-hydrogen) atoms. The summed E-state index contributed by atoms with van der Waals surface area (Å²) in [5.41, 5.74) is 1.77. The van der Waals surface area contributed by atoms with Gasteiger partial charge in [0, 0.05) is 18.2 Å². The third-order valence-corrected chi connectivity index (χ3v) is 3.71. The number of amides is 1. The quantitative estimate of drug-likeness (QED) is 0.665. The lowest BCUT2D eigenvalue weighted by Crippen LogP contribution is -2.12. The van der Waals surface area contributed by atoms with Crippen molar-refractivity contribution >= 4 is 11.6 Å². The number of aromatic hydroxyl groups is 1. The van der Waals surface area contributed by atoms with Crippen molar-refractivity contribution in [2.24, 2.45) is 0 Å². The second kappa shape index (κ2) is 9.60. The van der Waals surface area contributed by atoms with Gasteiger partial charge in [0.2, 0.25) is 5.91 Å². The number of hydrogen-bond acceptors (Lipinski definition) is 3. The Bertz CT molecular complexity index is 638. The van der Waals surface area contributed by atoms with Gasteiger partial charge < -0.3 is 15.2 Å². The lowest BCUT2D eigenvalue weighted by atomic mass is 10.1. The van der Waals surface area contributed by atoms with E-state index in [0.717, 1.165) is 29.8 Å². The number of carbonyl (C=O) groups excluding carboxylic acids is 1. The Morgan fingerprint density at radius 2 is 1.92 bits per heavy atom. The molecule has 0 saturated carbocycles. The number of hydrogen-bond donors (Lipinski definition) is 2. The minimum absolute atomic E-state index is 0.0359. The van der Waals surface area contributed by atoms with Crippen LogP contribution < -0.4 is 10.1 Å². The second-order valence-corrected chi connectivity index (χ2v) is 5.80. The molecule has 0 aromatic heterocycles. The van der Waals surface area contributed by atoms with E-state index in [-0.39, 0.29) is 11.7 Å². The smallest absolute Gasteiger partial charge is 0.224 e. The van der Waals surface area contributed by atoms with Gasteiger partial charge in [-0.3, -0.25) is 4.79 Å². The van der Waals surface area contributed by atoms with E-state index in [1.165, 1.54) is 6.42 Å². The van der Waals surface area contributed by atoms with Crippen molar-refractivity contribution in [1.82, 2.24) is 0 Å².